The molecule has 1 N–H and O–H groups in total. The number of para-hydroxylation sites is 1. The van der Waals surface area contributed by atoms with Crippen LogP contribution in [0.4, 0.5) is 15.8 Å². The molecule has 1 aliphatic rings. The third kappa shape index (κ3) is 4.76. The van der Waals surface area contributed by atoms with Crippen molar-refractivity contribution in [2.45, 2.75) is 12.8 Å². The predicted octanol–water partition coefficient (Wildman–Crippen LogP) is 3.25. The Hall–Kier alpha value is -3.42. The lowest BCUT2D eigenvalue weighted by molar-refractivity contribution is -0.120. The zero-order valence-corrected chi connectivity index (χ0v) is 16.8. The van der Waals surface area contributed by atoms with Gasteiger partial charge in [-0.3, -0.25) is 4.79 Å². The molecule has 3 rings (SSSR count). The normalized spacial score (nSPS) is 14.2. The number of hydrogen-bond acceptors (Lipinski definition) is 6. The number of carbonyl (C=O) groups excluding carboxylic acids is 3. The van der Waals surface area contributed by atoms with E-state index in [1.165, 1.54) is 38.5 Å². The number of anilines is 2. The van der Waals surface area contributed by atoms with Crippen LogP contribution in [0, 0.1) is 11.7 Å². The average Bonchev–Trinajstić information content (AvgIpc) is 2.78. The van der Waals surface area contributed by atoms with Gasteiger partial charge < -0.3 is 19.7 Å². The Morgan fingerprint density at radius 1 is 0.967 bits per heavy atom. The molecule has 0 radical (unpaired) electrons. The highest BCUT2D eigenvalue weighted by atomic mass is 19.1. The summed E-state index contributed by atoms with van der Waals surface area (Å²) >= 11 is 0. The Bertz CT molecular complexity index is 920. The molecular weight excluding hydrogens is 391 g/mol. The summed E-state index contributed by atoms with van der Waals surface area (Å²) < 4.78 is 23.4. The van der Waals surface area contributed by atoms with Crippen LogP contribution in [0.15, 0.2) is 42.5 Å². The lowest BCUT2D eigenvalue weighted by atomic mass is 9.95. The van der Waals surface area contributed by atoms with Crippen LogP contribution in [0.1, 0.15) is 33.6 Å². The molecule has 0 aromatic heterocycles. The topological polar surface area (TPSA) is 84.9 Å². The van der Waals surface area contributed by atoms with E-state index >= 15 is 0 Å². The Balaban J connectivity index is 1.69. The minimum Gasteiger partial charge on any atom is -0.465 e. The zero-order chi connectivity index (χ0) is 21.7. The maximum Gasteiger partial charge on any atom is 0.337 e. The Labute approximate surface area is 173 Å². The second-order valence-electron chi connectivity index (χ2n) is 6.98. The highest BCUT2D eigenvalue weighted by Crippen LogP contribution is 2.26. The van der Waals surface area contributed by atoms with Gasteiger partial charge in [-0.2, -0.15) is 0 Å². The molecule has 1 amide bonds. The van der Waals surface area contributed by atoms with Crippen molar-refractivity contribution in [3.63, 3.8) is 0 Å². The van der Waals surface area contributed by atoms with Crippen molar-refractivity contribution in [2.24, 2.45) is 5.92 Å². The van der Waals surface area contributed by atoms with Gasteiger partial charge in [-0.1, -0.05) is 12.1 Å². The van der Waals surface area contributed by atoms with Crippen LogP contribution < -0.4 is 10.2 Å². The van der Waals surface area contributed by atoms with E-state index in [2.05, 4.69) is 5.32 Å². The largest absolute Gasteiger partial charge is 0.465 e. The smallest absolute Gasteiger partial charge is 0.337 e. The van der Waals surface area contributed by atoms with Crippen molar-refractivity contribution < 1.29 is 28.2 Å². The molecule has 1 heterocycles. The van der Waals surface area contributed by atoms with Gasteiger partial charge in [0.15, 0.2) is 0 Å². The summed E-state index contributed by atoms with van der Waals surface area (Å²) in [6, 6.07) is 10.8. The van der Waals surface area contributed by atoms with E-state index in [4.69, 9.17) is 9.47 Å². The number of rotatable bonds is 5. The molecular formula is C22H23FN2O5. The first-order valence-electron chi connectivity index (χ1n) is 9.55. The molecule has 2 aromatic carbocycles. The van der Waals surface area contributed by atoms with E-state index in [9.17, 15) is 18.8 Å². The first-order chi connectivity index (χ1) is 14.4. The molecule has 8 heteroatoms. The number of ether oxygens (including phenoxy) is 2. The van der Waals surface area contributed by atoms with E-state index in [-0.39, 0.29) is 28.8 Å². The molecule has 0 saturated carbocycles. The summed E-state index contributed by atoms with van der Waals surface area (Å²) in [5.41, 5.74) is 1.10. The highest BCUT2D eigenvalue weighted by Gasteiger charge is 2.26. The molecule has 1 fully saturated rings. The van der Waals surface area contributed by atoms with Crippen LogP contribution >= 0.6 is 0 Å². The van der Waals surface area contributed by atoms with Crippen molar-refractivity contribution in [1.82, 2.24) is 0 Å². The van der Waals surface area contributed by atoms with Crippen molar-refractivity contribution in [2.75, 3.05) is 37.5 Å². The van der Waals surface area contributed by atoms with Gasteiger partial charge in [0.2, 0.25) is 5.91 Å². The fourth-order valence-corrected chi connectivity index (χ4v) is 3.51. The van der Waals surface area contributed by atoms with E-state index in [0.717, 1.165) is 0 Å². The van der Waals surface area contributed by atoms with E-state index < -0.39 is 11.9 Å². The molecule has 0 bridgehead atoms. The molecule has 0 spiro atoms. The quantitative estimate of drug-likeness (QED) is 0.756. The minimum absolute atomic E-state index is 0.130. The standard InChI is InChI=1S/C22H23FN2O5/c1-29-21(27)15-11-16(22(28)30-2)13-17(12-15)24-20(26)14-7-9-25(10-8-14)19-6-4-3-5-18(19)23/h3-6,11-14H,7-10H2,1-2H3,(H,24,26). The molecule has 1 aliphatic heterocycles. The number of amides is 1. The fraction of sp³-hybridized carbons (Fsp3) is 0.318. The van der Waals surface area contributed by atoms with Crippen LogP contribution in [-0.4, -0.2) is 45.2 Å². The Morgan fingerprint density at radius 3 is 2.07 bits per heavy atom. The number of hydrogen-bond donors (Lipinski definition) is 1. The van der Waals surface area contributed by atoms with Gasteiger partial charge in [0.25, 0.3) is 0 Å². The van der Waals surface area contributed by atoms with Gasteiger partial charge in [-0.15, -0.1) is 0 Å². The third-order valence-corrected chi connectivity index (χ3v) is 5.10. The summed E-state index contributed by atoms with van der Waals surface area (Å²) in [7, 11) is 2.46. The Morgan fingerprint density at radius 2 is 1.53 bits per heavy atom. The average molecular weight is 414 g/mol. The molecule has 1 saturated heterocycles. The van der Waals surface area contributed by atoms with Gasteiger partial charge >= 0.3 is 11.9 Å². The van der Waals surface area contributed by atoms with Gasteiger partial charge in [0.05, 0.1) is 31.0 Å². The van der Waals surface area contributed by atoms with Gasteiger partial charge in [-0.05, 0) is 43.2 Å². The molecule has 158 valence electrons. The predicted molar refractivity (Wildman–Crippen MR) is 109 cm³/mol. The highest BCUT2D eigenvalue weighted by molar-refractivity contribution is 6.00. The number of piperidine rings is 1. The number of nitrogens with zero attached hydrogens (tertiary/aromatic N) is 1. The number of benzene rings is 2. The first-order valence-corrected chi connectivity index (χ1v) is 9.55. The van der Waals surface area contributed by atoms with Crippen LogP contribution in [0.25, 0.3) is 0 Å². The molecule has 2 aromatic rings. The number of nitrogens with one attached hydrogen (secondary N) is 1. The van der Waals surface area contributed by atoms with Gasteiger partial charge in [0.1, 0.15) is 5.82 Å². The van der Waals surface area contributed by atoms with Gasteiger partial charge in [0, 0.05) is 24.7 Å². The SMILES string of the molecule is COC(=O)c1cc(NC(=O)C2CCN(c3ccccc3F)CC2)cc(C(=O)OC)c1. The maximum absolute atomic E-state index is 14.0. The lowest BCUT2D eigenvalue weighted by Crippen LogP contribution is -2.38. The first kappa shape index (κ1) is 21.3. The van der Waals surface area contributed by atoms with Crippen molar-refractivity contribution in [3.05, 3.63) is 59.4 Å². The number of esters is 2. The minimum atomic E-state index is -0.630. The third-order valence-electron chi connectivity index (χ3n) is 5.10. The van der Waals surface area contributed by atoms with Crippen LogP contribution in [-0.2, 0) is 14.3 Å². The van der Waals surface area contributed by atoms with Crippen molar-refractivity contribution in [3.8, 4) is 0 Å². The van der Waals surface area contributed by atoms with E-state index in [1.54, 1.807) is 18.2 Å². The number of halogens is 1. The van der Waals surface area contributed by atoms with Crippen molar-refractivity contribution in [1.29, 1.82) is 0 Å². The molecule has 7 nitrogen and oxygen atoms in total. The van der Waals surface area contributed by atoms with Crippen molar-refractivity contribution >= 4 is 29.2 Å². The second-order valence-corrected chi connectivity index (χ2v) is 6.98. The maximum atomic E-state index is 14.0. The molecule has 30 heavy (non-hydrogen) atoms. The van der Waals surface area contributed by atoms with Crippen LogP contribution in [0.2, 0.25) is 0 Å². The molecule has 0 atom stereocenters. The molecule has 0 aliphatic carbocycles. The summed E-state index contributed by atoms with van der Waals surface area (Å²) in [5.74, 6) is -2.03. The monoisotopic (exact) mass is 414 g/mol. The van der Waals surface area contributed by atoms with E-state index in [0.29, 0.717) is 37.3 Å². The lowest BCUT2D eigenvalue weighted by Gasteiger charge is -2.33. The summed E-state index contributed by atoms with van der Waals surface area (Å²) in [5, 5.41) is 2.77. The Kier molecular flexibility index (Phi) is 6.66. The number of methoxy groups -OCH3 is 2. The summed E-state index contributed by atoms with van der Waals surface area (Å²) in [4.78, 5) is 38.4. The number of carbonyl (C=O) groups is 3. The van der Waals surface area contributed by atoms with E-state index in [1.807, 2.05) is 4.90 Å². The van der Waals surface area contributed by atoms with Gasteiger partial charge in [-0.25, -0.2) is 14.0 Å². The van der Waals surface area contributed by atoms with Crippen LogP contribution in [0.5, 0.6) is 0 Å². The second kappa shape index (κ2) is 9.39. The summed E-state index contributed by atoms with van der Waals surface area (Å²) in [6.45, 7) is 1.10. The zero-order valence-electron chi connectivity index (χ0n) is 16.8. The fourth-order valence-electron chi connectivity index (χ4n) is 3.51. The summed E-state index contributed by atoms with van der Waals surface area (Å²) in [6.07, 6.45) is 1.11. The van der Waals surface area contributed by atoms with Crippen LogP contribution in [0.3, 0.4) is 0 Å². The molecule has 0 unspecified atom stereocenters.